The molecular weight excluding hydrogens is 443 g/mol. The summed E-state index contributed by atoms with van der Waals surface area (Å²) >= 11 is 12.0. The van der Waals surface area contributed by atoms with Crippen LogP contribution in [0, 0.1) is 0 Å². The van der Waals surface area contributed by atoms with E-state index in [2.05, 4.69) is 9.88 Å². The Morgan fingerprint density at radius 1 is 1.03 bits per heavy atom. The molecule has 31 heavy (non-hydrogen) atoms. The van der Waals surface area contributed by atoms with Gasteiger partial charge in [-0.2, -0.15) is 0 Å². The Hall–Kier alpha value is -2.68. The minimum absolute atomic E-state index is 0.199. The van der Waals surface area contributed by atoms with Crippen molar-refractivity contribution in [2.24, 2.45) is 0 Å². The fourth-order valence-electron chi connectivity index (χ4n) is 3.64. The van der Waals surface area contributed by atoms with Gasteiger partial charge in [0.1, 0.15) is 5.82 Å². The van der Waals surface area contributed by atoms with Crippen LogP contribution >= 0.6 is 23.2 Å². The molecule has 2 aromatic rings. The van der Waals surface area contributed by atoms with Gasteiger partial charge in [-0.15, -0.1) is 0 Å². The Balaban J connectivity index is 1.36. The molecule has 1 fully saturated rings. The van der Waals surface area contributed by atoms with Gasteiger partial charge < -0.3 is 9.64 Å². The number of esters is 1. The summed E-state index contributed by atoms with van der Waals surface area (Å²) in [5.41, 5.74) is 0.975. The van der Waals surface area contributed by atoms with E-state index in [1.54, 1.807) is 19.1 Å². The van der Waals surface area contributed by atoms with Crippen molar-refractivity contribution in [3.63, 3.8) is 0 Å². The highest BCUT2D eigenvalue weighted by atomic mass is 35.5. The number of hydrogen-bond donors (Lipinski definition) is 0. The summed E-state index contributed by atoms with van der Waals surface area (Å²) < 4.78 is 4.97. The lowest BCUT2D eigenvalue weighted by atomic mass is 10.1. The molecule has 0 radical (unpaired) electrons. The molecular formula is C21H20Cl2N4O4. The van der Waals surface area contributed by atoms with Gasteiger partial charge in [0.15, 0.2) is 0 Å². The number of imide groups is 1. The van der Waals surface area contributed by atoms with Gasteiger partial charge in [-0.05, 0) is 31.2 Å². The number of piperazine rings is 1. The number of carbonyl (C=O) groups excluding carboxylic acids is 3. The number of aromatic nitrogens is 1. The summed E-state index contributed by atoms with van der Waals surface area (Å²) in [6.45, 7) is 4.91. The second-order valence-corrected chi connectivity index (χ2v) is 8.04. The highest BCUT2D eigenvalue weighted by Gasteiger charge is 2.37. The van der Waals surface area contributed by atoms with Crippen LogP contribution < -0.4 is 4.90 Å². The van der Waals surface area contributed by atoms with Crippen LogP contribution in [0.5, 0.6) is 0 Å². The first-order valence-corrected chi connectivity index (χ1v) is 10.6. The molecule has 1 aromatic carbocycles. The molecule has 0 bridgehead atoms. The Kier molecular flexibility index (Phi) is 6.13. The molecule has 162 valence electrons. The van der Waals surface area contributed by atoms with E-state index in [1.165, 1.54) is 23.2 Å². The Morgan fingerprint density at radius 3 is 2.16 bits per heavy atom. The van der Waals surface area contributed by atoms with E-state index in [1.807, 2.05) is 4.90 Å². The lowest BCUT2D eigenvalue weighted by Crippen LogP contribution is -2.51. The monoisotopic (exact) mass is 462 g/mol. The third kappa shape index (κ3) is 4.23. The zero-order valence-electron chi connectivity index (χ0n) is 16.8. The van der Waals surface area contributed by atoms with E-state index in [-0.39, 0.29) is 39.7 Å². The highest BCUT2D eigenvalue weighted by molar-refractivity contribution is 6.43. The zero-order chi connectivity index (χ0) is 22.1. The molecule has 0 N–H and O–H groups in total. The van der Waals surface area contributed by atoms with Crippen LogP contribution in [-0.4, -0.2) is 72.0 Å². The predicted octanol–water partition coefficient (Wildman–Crippen LogP) is 2.94. The van der Waals surface area contributed by atoms with Crippen LogP contribution in [0.4, 0.5) is 5.82 Å². The molecule has 4 rings (SSSR count). The van der Waals surface area contributed by atoms with Gasteiger partial charge in [0, 0.05) is 32.4 Å². The fraction of sp³-hybridized carbons (Fsp3) is 0.333. The second kappa shape index (κ2) is 8.82. The predicted molar refractivity (Wildman–Crippen MR) is 116 cm³/mol. The van der Waals surface area contributed by atoms with Crippen LogP contribution in [0.15, 0.2) is 30.5 Å². The first-order chi connectivity index (χ1) is 14.9. The lowest BCUT2D eigenvalue weighted by molar-refractivity contribution is 0.0517. The van der Waals surface area contributed by atoms with Crippen LogP contribution in [0.1, 0.15) is 38.0 Å². The molecule has 1 saturated heterocycles. The third-order valence-electron chi connectivity index (χ3n) is 5.31. The number of ether oxygens (including phenoxy) is 1. The van der Waals surface area contributed by atoms with E-state index in [0.717, 1.165) is 5.82 Å². The van der Waals surface area contributed by atoms with E-state index < -0.39 is 5.97 Å². The van der Waals surface area contributed by atoms with E-state index in [4.69, 9.17) is 27.9 Å². The molecule has 8 nitrogen and oxygen atoms in total. The summed E-state index contributed by atoms with van der Waals surface area (Å²) in [4.78, 5) is 46.8. The van der Waals surface area contributed by atoms with Gasteiger partial charge in [-0.1, -0.05) is 23.2 Å². The Morgan fingerprint density at radius 2 is 1.65 bits per heavy atom. The van der Waals surface area contributed by atoms with Crippen LogP contribution in [-0.2, 0) is 4.74 Å². The average Bonchev–Trinajstić information content (AvgIpc) is 2.99. The maximum atomic E-state index is 12.7. The van der Waals surface area contributed by atoms with Gasteiger partial charge in [0.2, 0.25) is 0 Å². The van der Waals surface area contributed by atoms with Crippen molar-refractivity contribution in [1.29, 1.82) is 0 Å². The maximum absolute atomic E-state index is 12.7. The molecule has 0 unspecified atom stereocenters. The molecule has 2 amide bonds. The van der Waals surface area contributed by atoms with Crippen LogP contribution in [0.3, 0.4) is 0 Å². The van der Waals surface area contributed by atoms with Crippen molar-refractivity contribution in [2.75, 3.05) is 44.4 Å². The zero-order valence-corrected chi connectivity index (χ0v) is 18.3. The number of amides is 2. The van der Waals surface area contributed by atoms with E-state index in [9.17, 15) is 14.4 Å². The SMILES string of the molecule is CCOC(=O)c1ccc(N2CCN(CN3C(=O)c4cc(Cl)c(Cl)cc4C3=O)CC2)nc1. The molecule has 2 aliphatic heterocycles. The molecule has 3 heterocycles. The van der Waals surface area contributed by atoms with Crippen molar-refractivity contribution in [3.8, 4) is 0 Å². The van der Waals surface area contributed by atoms with Crippen LogP contribution in [0.2, 0.25) is 10.0 Å². The molecule has 1 aromatic heterocycles. The summed E-state index contributed by atoms with van der Waals surface area (Å²) in [6.07, 6.45) is 1.51. The van der Waals surface area contributed by atoms with Crippen molar-refractivity contribution in [3.05, 3.63) is 57.2 Å². The van der Waals surface area contributed by atoms with Crippen LogP contribution in [0.25, 0.3) is 0 Å². The highest BCUT2D eigenvalue weighted by Crippen LogP contribution is 2.31. The van der Waals surface area contributed by atoms with Gasteiger partial charge in [-0.3, -0.25) is 19.4 Å². The van der Waals surface area contributed by atoms with Crippen molar-refractivity contribution < 1.29 is 19.1 Å². The minimum Gasteiger partial charge on any atom is -0.462 e. The fourth-order valence-corrected chi connectivity index (χ4v) is 3.97. The molecule has 0 atom stereocenters. The standard InChI is InChI=1S/C21H20Cl2N4O4/c1-2-31-21(30)13-3-4-18(24-11-13)26-7-5-25(6-8-26)12-27-19(28)14-9-16(22)17(23)10-15(14)20(27)29/h3-4,9-11H,2,5-8,12H2,1H3. The molecule has 2 aliphatic rings. The minimum atomic E-state index is -0.394. The Labute approximate surface area is 189 Å². The molecule has 0 saturated carbocycles. The average molecular weight is 463 g/mol. The van der Waals surface area contributed by atoms with Gasteiger partial charge in [0.25, 0.3) is 11.8 Å². The summed E-state index contributed by atoms with van der Waals surface area (Å²) in [6, 6.07) is 6.38. The van der Waals surface area contributed by atoms with Crippen molar-refractivity contribution >= 4 is 46.8 Å². The molecule has 0 aliphatic carbocycles. The molecule has 0 spiro atoms. The number of rotatable bonds is 5. The van der Waals surface area contributed by atoms with Gasteiger partial charge >= 0.3 is 5.97 Å². The van der Waals surface area contributed by atoms with E-state index in [0.29, 0.717) is 38.3 Å². The third-order valence-corrected chi connectivity index (χ3v) is 6.03. The van der Waals surface area contributed by atoms with Crippen molar-refractivity contribution in [2.45, 2.75) is 6.92 Å². The quantitative estimate of drug-likeness (QED) is 0.498. The number of nitrogens with zero attached hydrogens (tertiary/aromatic N) is 4. The number of hydrogen-bond acceptors (Lipinski definition) is 7. The summed E-state index contributed by atoms with van der Waals surface area (Å²) in [5, 5.41) is 0.497. The summed E-state index contributed by atoms with van der Waals surface area (Å²) in [5.74, 6) is -0.359. The molecule has 10 heteroatoms. The maximum Gasteiger partial charge on any atom is 0.339 e. The number of carbonyl (C=O) groups is 3. The number of fused-ring (bicyclic) bond motifs is 1. The number of pyridine rings is 1. The normalized spacial score (nSPS) is 16.6. The summed E-state index contributed by atoms with van der Waals surface area (Å²) in [7, 11) is 0. The second-order valence-electron chi connectivity index (χ2n) is 7.22. The topological polar surface area (TPSA) is 83.0 Å². The van der Waals surface area contributed by atoms with E-state index >= 15 is 0 Å². The first-order valence-electron chi connectivity index (χ1n) is 9.84. The number of halogens is 2. The van der Waals surface area contributed by atoms with Crippen molar-refractivity contribution in [1.82, 2.24) is 14.8 Å². The lowest BCUT2D eigenvalue weighted by Gasteiger charge is -2.36. The smallest absolute Gasteiger partial charge is 0.339 e. The van der Waals surface area contributed by atoms with Gasteiger partial charge in [0.05, 0.1) is 40.0 Å². The first kappa shape index (κ1) is 21.5. The number of benzene rings is 1. The Bertz CT molecular complexity index is 995. The largest absolute Gasteiger partial charge is 0.462 e. The van der Waals surface area contributed by atoms with Gasteiger partial charge in [-0.25, -0.2) is 9.78 Å². The number of anilines is 1.